The van der Waals surface area contributed by atoms with Crippen molar-refractivity contribution in [1.82, 2.24) is 15.0 Å². The van der Waals surface area contributed by atoms with Gasteiger partial charge < -0.3 is 30.3 Å². The molecule has 3 heterocycles. The Labute approximate surface area is 198 Å². The minimum atomic E-state index is -4.81. The molecule has 0 bridgehead atoms. The van der Waals surface area contributed by atoms with Gasteiger partial charge in [-0.25, -0.2) is 4.98 Å². The molecule has 0 aromatic carbocycles. The molecule has 0 spiro atoms. The largest absolute Gasteiger partial charge is 0.505 e. The molecule has 0 atom stereocenters. The van der Waals surface area contributed by atoms with Crippen molar-refractivity contribution in [2.75, 3.05) is 0 Å². The van der Waals surface area contributed by atoms with E-state index in [0.717, 1.165) is 0 Å². The number of aliphatic hydroxyl groups is 1. The first-order valence-electron chi connectivity index (χ1n) is 9.60. The van der Waals surface area contributed by atoms with E-state index < -0.39 is 28.8 Å². The highest BCUT2D eigenvalue weighted by molar-refractivity contribution is 7.82. The van der Waals surface area contributed by atoms with Crippen molar-refractivity contribution < 1.29 is 31.8 Å². The summed E-state index contributed by atoms with van der Waals surface area (Å²) in [7, 11) is -4.81. The summed E-state index contributed by atoms with van der Waals surface area (Å²) in [5.41, 5.74) is 0.367. The summed E-state index contributed by atoms with van der Waals surface area (Å²) in [6.07, 6.45) is 4.39. The normalized spacial score (nSPS) is 12.3. The highest BCUT2D eigenvalue weighted by atomic mass is 32.3. The van der Waals surface area contributed by atoms with E-state index in [1.807, 2.05) is 0 Å². The lowest BCUT2D eigenvalue weighted by Gasteiger charge is -2.13. The average molecular weight is 501 g/mol. The molecule has 6 N–H and O–H groups in total. The molecule has 15 heteroatoms. The first-order chi connectivity index (χ1) is 16.7. The van der Waals surface area contributed by atoms with Gasteiger partial charge in [0.2, 0.25) is 0 Å². The number of pyridine rings is 3. The van der Waals surface area contributed by atoms with Crippen LogP contribution in [0.15, 0.2) is 53.1 Å². The SMILES string of the molecule is Cc1nc(-c2cc(/C(=N\N)OS(=O)(=O)O/C(=N/N)c3ccncc3)ccn2)c(CO)c(C=O)c1O. The Morgan fingerprint density at radius 2 is 1.69 bits per heavy atom. The summed E-state index contributed by atoms with van der Waals surface area (Å²) in [6, 6.07) is 5.45. The lowest BCUT2D eigenvalue weighted by Crippen LogP contribution is -2.22. The van der Waals surface area contributed by atoms with Gasteiger partial charge in [-0.1, -0.05) is 0 Å². The van der Waals surface area contributed by atoms with Gasteiger partial charge in [0.25, 0.3) is 11.8 Å². The molecule has 0 saturated carbocycles. The van der Waals surface area contributed by atoms with Crippen LogP contribution in [0, 0.1) is 6.92 Å². The molecular formula is C20H19N7O7S. The molecule has 0 radical (unpaired) electrons. The van der Waals surface area contributed by atoms with Crippen molar-refractivity contribution in [1.29, 1.82) is 0 Å². The Balaban J connectivity index is 1.95. The van der Waals surface area contributed by atoms with Crippen LogP contribution in [0.2, 0.25) is 0 Å². The van der Waals surface area contributed by atoms with Gasteiger partial charge in [0.05, 0.1) is 29.3 Å². The highest BCUT2D eigenvalue weighted by Gasteiger charge is 2.24. The van der Waals surface area contributed by atoms with Crippen LogP contribution in [-0.2, 0) is 25.4 Å². The molecule has 0 saturated heterocycles. The quantitative estimate of drug-likeness (QED) is 0.111. The second-order valence-electron chi connectivity index (χ2n) is 6.67. The lowest BCUT2D eigenvalue weighted by molar-refractivity contribution is 0.111. The van der Waals surface area contributed by atoms with E-state index in [9.17, 15) is 23.4 Å². The summed E-state index contributed by atoms with van der Waals surface area (Å²) in [4.78, 5) is 23.6. The van der Waals surface area contributed by atoms with Gasteiger partial charge in [0, 0.05) is 35.3 Å². The van der Waals surface area contributed by atoms with Crippen LogP contribution >= 0.6 is 0 Å². The van der Waals surface area contributed by atoms with Crippen LogP contribution in [0.3, 0.4) is 0 Å². The number of rotatable bonds is 7. The molecule has 0 aliphatic rings. The average Bonchev–Trinajstić information content (AvgIpc) is 2.87. The molecule has 3 aromatic heterocycles. The number of aromatic nitrogens is 3. The van der Waals surface area contributed by atoms with E-state index in [-0.39, 0.29) is 45.1 Å². The monoisotopic (exact) mass is 501 g/mol. The van der Waals surface area contributed by atoms with Crippen LogP contribution in [-0.4, -0.2) is 51.7 Å². The molecule has 14 nitrogen and oxygen atoms in total. The van der Waals surface area contributed by atoms with Gasteiger partial charge in [-0.15, -0.1) is 18.6 Å². The molecule has 35 heavy (non-hydrogen) atoms. The number of hydrogen-bond donors (Lipinski definition) is 4. The van der Waals surface area contributed by atoms with Gasteiger partial charge in [-0.05, 0) is 31.2 Å². The van der Waals surface area contributed by atoms with Crippen LogP contribution in [0.1, 0.15) is 32.7 Å². The number of carbonyl (C=O) groups excluding carboxylic acids is 1. The fourth-order valence-electron chi connectivity index (χ4n) is 2.94. The van der Waals surface area contributed by atoms with Crippen LogP contribution < -0.4 is 11.7 Å². The number of aliphatic hydroxyl groups excluding tert-OH is 1. The molecule has 0 fully saturated rings. The fourth-order valence-corrected chi connectivity index (χ4v) is 3.64. The second-order valence-corrected chi connectivity index (χ2v) is 7.82. The fraction of sp³-hybridized carbons (Fsp3) is 0.100. The van der Waals surface area contributed by atoms with Crippen molar-refractivity contribution in [3.8, 4) is 17.1 Å². The number of nitrogens with zero attached hydrogens (tertiary/aromatic N) is 5. The smallest absolute Gasteiger partial charge is 0.504 e. The Bertz CT molecular complexity index is 1410. The number of nitrogens with two attached hydrogens (primary N) is 2. The van der Waals surface area contributed by atoms with E-state index in [1.54, 1.807) is 0 Å². The van der Waals surface area contributed by atoms with E-state index in [4.69, 9.17) is 20.1 Å². The van der Waals surface area contributed by atoms with Crippen molar-refractivity contribution in [2.45, 2.75) is 13.5 Å². The van der Waals surface area contributed by atoms with Crippen molar-refractivity contribution >= 4 is 28.5 Å². The van der Waals surface area contributed by atoms with E-state index in [1.165, 1.54) is 49.8 Å². The molecule has 0 unspecified atom stereocenters. The summed E-state index contributed by atoms with van der Waals surface area (Å²) < 4.78 is 34.7. The number of hydrogen-bond acceptors (Lipinski definition) is 14. The molecule has 3 rings (SSSR count). The van der Waals surface area contributed by atoms with Crippen molar-refractivity contribution in [2.24, 2.45) is 21.9 Å². The van der Waals surface area contributed by atoms with E-state index >= 15 is 0 Å². The zero-order valence-electron chi connectivity index (χ0n) is 18.1. The number of aryl methyl sites for hydroxylation is 1. The number of carbonyl (C=O) groups is 1. The lowest BCUT2D eigenvalue weighted by atomic mass is 10.0. The summed E-state index contributed by atoms with van der Waals surface area (Å²) >= 11 is 0. The summed E-state index contributed by atoms with van der Waals surface area (Å²) in [5.74, 6) is 9.13. The number of aldehydes is 1. The maximum Gasteiger partial charge on any atom is 0.504 e. The topological polar surface area (TPSA) is 226 Å². The molecular weight excluding hydrogens is 482 g/mol. The van der Waals surface area contributed by atoms with Gasteiger partial charge in [0.15, 0.2) is 6.29 Å². The maximum absolute atomic E-state index is 12.5. The van der Waals surface area contributed by atoms with Gasteiger partial charge >= 0.3 is 10.4 Å². The predicted octanol–water partition coefficient (Wildman–Crippen LogP) is 0.0762. The van der Waals surface area contributed by atoms with Gasteiger partial charge in [0.1, 0.15) is 5.75 Å². The van der Waals surface area contributed by atoms with E-state index in [0.29, 0.717) is 6.29 Å². The standard InChI is InChI=1S/C20H19N7O7S/c1-11-18(30)15(10-29)14(9-28)17(25-11)16-8-13(4-7-24-16)20(27-22)34-35(31,32)33-19(26-21)12-2-5-23-6-3-12/h2-8,10,28,30H,9,21-22H2,1H3/b26-19+,27-20+. The Morgan fingerprint density at radius 1 is 1.09 bits per heavy atom. The third kappa shape index (κ3) is 5.48. The molecule has 0 aliphatic heterocycles. The maximum atomic E-state index is 12.5. The zero-order chi connectivity index (χ0) is 25.6. The predicted molar refractivity (Wildman–Crippen MR) is 122 cm³/mol. The molecule has 182 valence electrons. The summed E-state index contributed by atoms with van der Waals surface area (Å²) in [5, 5.41) is 26.5. The van der Waals surface area contributed by atoms with Crippen molar-refractivity contribution in [3.63, 3.8) is 0 Å². The molecule has 3 aromatic rings. The van der Waals surface area contributed by atoms with Crippen LogP contribution in [0.4, 0.5) is 0 Å². The number of aromatic hydroxyl groups is 1. The zero-order valence-corrected chi connectivity index (χ0v) is 18.9. The van der Waals surface area contributed by atoms with E-state index in [2.05, 4.69) is 25.2 Å². The highest BCUT2D eigenvalue weighted by Crippen LogP contribution is 2.30. The number of hydrazone groups is 2. The minimum absolute atomic E-state index is 0.0111. The third-order valence-corrected chi connectivity index (χ3v) is 5.26. The Hall–Kier alpha value is -4.63. The van der Waals surface area contributed by atoms with Gasteiger partial charge in [-0.3, -0.25) is 14.8 Å². The third-order valence-electron chi connectivity index (χ3n) is 4.54. The first-order valence-corrected chi connectivity index (χ1v) is 10.9. The Morgan fingerprint density at radius 3 is 2.26 bits per heavy atom. The van der Waals surface area contributed by atoms with Crippen LogP contribution in [0.5, 0.6) is 5.75 Å². The van der Waals surface area contributed by atoms with Crippen LogP contribution in [0.25, 0.3) is 11.4 Å². The van der Waals surface area contributed by atoms with Gasteiger partial charge in [-0.2, -0.15) is 0 Å². The first kappa shape index (κ1) is 25.0. The minimum Gasteiger partial charge on any atom is -0.505 e. The second kappa shape index (κ2) is 10.5. The molecule has 0 amide bonds. The summed E-state index contributed by atoms with van der Waals surface area (Å²) in [6.45, 7) is 0.818. The Kier molecular flexibility index (Phi) is 7.53. The van der Waals surface area contributed by atoms with Crippen molar-refractivity contribution in [3.05, 3.63) is 70.8 Å². The molecule has 0 aliphatic carbocycles.